The summed E-state index contributed by atoms with van der Waals surface area (Å²) < 4.78 is 11.3. The van der Waals surface area contributed by atoms with E-state index in [1.54, 1.807) is 36.4 Å². The average molecular weight is 322 g/mol. The number of carbonyl (C=O) groups excluding carboxylic acids is 1. The molecule has 1 aliphatic heterocycles. The number of nitrogens with one attached hydrogen (secondary N) is 1. The van der Waals surface area contributed by atoms with E-state index in [9.17, 15) is 4.79 Å². The third-order valence-electron chi connectivity index (χ3n) is 3.81. The van der Waals surface area contributed by atoms with E-state index < -0.39 is 0 Å². The van der Waals surface area contributed by atoms with Gasteiger partial charge in [-0.05, 0) is 43.2 Å². The maximum atomic E-state index is 12.3. The van der Waals surface area contributed by atoms with Gasteiger partial charge in [-0.3, -0.25) is 4.79 Å². The second-order valence-corrected chi connectivity index (χ2v) is 5.62. The Morgan fingerprint density at radius 3 is 2.96 bits per heavy atom. The first-order chi connectivity index (χ1) is 11.7. The molecule has 5 heteroatoms. The molecule has 1 atom stereocenters. The smallest absolute Gasteiger partial charge is 0.255 e. The maximum Gasteiger partial charge on any atom is 0.255 e. The molecule has 1 fully saturated rings. The summed E-state index contributed by atoms with van der Waals surface area (Å²) in [6.07, 6.45) is 2.24. The predicted octanol–water partition coefficient (Wildman–Crippen LogP) is 3.37. The first kappa shape index (κ1) is 16.0. The molecular weight excluding hydrogens is 304 g/mol. The molecule has 0 unspecified atom stereocenters. The van der Waals surface area contributed by atoms with E-state index in [0.29, 0.717) is 29.2 Å². The van der Waals surface area contributed by atoms with Crippen LogP contribution >= 0.6 is 0 Å². The molecule has 0 aliphatic carbocycles. The zero-order chi connectivity index (χ0) is 16.8. The van der Waals surface area contributed by atoms with Crippen molar-refractivity contribution < 1.29 is 14.3 Å². The van der Waals surface area contributed by atoms with Crippen molar-refractivity contribution in [3.05, 3.63) is 59.7 Å². The number of hydrogen-bond acceptors (Lipinski definition) is 4. The minimum absolute atomic E-state index is 0.150. The fraction of sp³-hybridized carbons (Fsp3) is 0.263. The maximum absolute atomic E-state index is 12.3. The lowest BCUT2D eigenvalue weighted by Crippen LogP contribution is -2.16. The number of hydrogen-bond donors (Lipinski definition) is 1. The van der Waals surface area contributed by atoms with Crippen molar-refractivity contribution in [2.75, 3.05) is 18.5 Å². The van der Waals surface area contributed by atoms with Gasteiger partial charge >= 0.3 is 0 Å². The van der Waals surface area contributed by atoms with Gasteiger partial charge in [0.05, 0.1) is 17.7 Å². The first-order valence-corrected chi connectivity index (χ1v) is 7.90. The molecule has 0 saturated carbocycles. The molecule has 1 heterocycles. The lowest BCUT2D eigenvalue weighted by molar-refractivity contribution is 0.0680. The standard InChI is InChI=1S/C19H18N2O3/c20-12-14-4-1-5-15(10-14)19(22)21-16-6-2-7-17(11-16)24-13-18-8-3-9-23-18/h1-2,4-7,10-11,18H,3,8-9,13H2,(H,21,22)/t18-/m1/s1. The average Bonchev–Trinajstić information content (AvgIpc) is 3.14. The Morgan fingerprint density at radius 1 is 1.29 bits per heavy atom. The monoisotopic (exact) mass is 322 g/mol. The van der Waals surface area contributed by atoms with E-state index in [1.807, 2.05) is 18.2 Å². The number of carbonyl (C=O) groups is 1. The molecular formula is C19H18N2O3. The van der Waals surface area contributed by atoms with Gasteiger partial charge in [0.25, 0.3) is 5.91 Å². The van der Waals surface area contributed by atoms with Crippen LogP contribution in [0.15, 0.2) is 48.5 Å². The van der Waals surface area contributed by atoms with E-state index in [4.69, 9.17) is 14.7 Å². The number of nitrogens with zero attached hydrogens (tertiary/aromatic N) is 1. The van der Waals surface area contributed by atoms with Gasteiger partial charge in [-0.2, -0.15) is 5.26 Å². The number of benzene rings is 2. The Kier molecular flexibility index (Phi) is 5.09. The number of amides is 1. The Labute approximate surface area is 140 Å². The number of rotatable bonds is 5. The Bertz CT molecular complexity index is 761. The molecule has 2 aromatic carbocycles. The predicted molar refractivity (Wildman–Crippen MR) is 90.0 cm³/mol. The summed E-state index contributed by atoms with van der Waals surface area (Å²) in [5.74, 6) is 0.428. The van der Waals surface area contributed by atoms with Crippen LogP contribution in [0.3, 0.4) is 0 Å². The highest BCUT2D eigenvalue weighted by molar-refractivity contribution is 6.04. The van der Waals surface area contributed by atoms with Crippen molar-refractivity contribution >= 4 is 11.6 Å². The van der Waals surface area contributed by atoms with Crippen LogP contribution in [0.2, 0.25) is 0 Å². The molecule has 24 heavy (non-hydrogen) atoms. The van der Waals surface area contributed by atoms with Crippen molar-refractivity contribution in [1.29, 1.82) is 5.26 Å². The highest BCUT2D eigenvalue weighted by Crippen LogP contribution is 2.20. The van der Waals surface area contributed by atoms with Gasteiger partial charge in [-0.15, -0.1) is 0 Å². The molecule has 2 aromatic rings. The SMILES string of the molecule is N#Cc1cccc(C(=O)Nc2cccc(OC[C@H]3CCCO3)c2)c1. The summed E-state index contributed by atoms with van der Waals surface area (Å²) in [6.45, 7) is 1.31. The van der Waals surface area contributed by atoms with Gasteiger partial charge in [0.15, 0.2) is 0 Å². The van der Waals surface area contributed by atoms with Crippen molar-refractivity contribution in [3.8, 4) is 11.8 Å². The Balaban J connectivity index is 1.63. The van der Waals surface area contributed by atoms with Gasteiger partial charge in [-0.25, -0.2) is 0 Å². The van der Waals surface area contributed by atoms with E-state index in [2.05, 4.69) is 5.32 Å². The van der Waals surface area contributed by atoms with Crippen LogP contribution in [-0.4, -0.2) is 25.2 Å². The molecule has 0 aromatic heterocycles. The largest absolute Gasteiger partial charge is 0.491 e. The normalized spacial score (nSPS) is 16.4. The molecule has 0 spiro atoms. The van der Waals surface area contributed by atoms with Crippen LogP contribution in [0, 0.1) is 11.3 Å². The quantitative estimate of drug-likeness (QED) is 0.916. The summed E-state index contributed by atoms with van der Waals surface area (Å²) in [5, 5.41) is 11.7. The van der Waals surface area contributed by atoms with Gasteiger partial charge in [-0.1, -0.05) is 12.1 Å². The van der Waals surface area contributed by atoms with E-state index in [0.717, 1.165) is 19.4 Å². The van der Waals surface area contributed by atoms with Gasteiger partial charge in [0, 0.05) is 23.9 Å². The molecule has 1 aliphatic rings. The lowest BCUT2D eigenvalue weighted by Gasteiger charge is -2.12. The van der Waals surface area contributed by atoms with Gasteiger partial charge in [0.2, 0.25) is 0 Å². The summed E-state index contributed by atoms with van der Waals surface area (Å²) in [5.41, 5.74) is 1.54. The van der Waals surface area contributed by atoms with Crippen LogP contribution < -0.4 is 10.1 Å². The van der Waals surface area contributed by atoms with E-state index in [-0.39, 0.29) is 12.0 Å². The summed E-state index contributed by atoms with van der Waals surface area (Å²) in [7, 11) is 0. The highest BCUT2D eigenvalue weighted by Gasteiger charge is 2.16. The van der Waals surface area contributed by atoms with Crippen molar-refractivity contribution in [2.45, 2.75) is 18.9 Å². The highest BCUT2D eigenvalue weighted by atomic mass is 16.5. The topological polar surface area (TPSA) is 71.4 Å². The fourth-order valence-corrected chi connectivity index (χ4v) is 2.56. The zero-order valence-electron chi connectivity index (χ0n) is 13.2. The molecule has 1 N–H and O–H groups in total. The second-order valence-electron chi connectivity index (χ2n) is 5.62. The van der Waals surface area contributed by atoms with Crippen molar-refractivity contribution in [3.63, 3.8) is 0 Å². The summed E-state index contributed by atoms with van der Waals surface area (Å²) in [4.78, 5) is 12.3. The Morgan fingerprint density at radius 2 is 2.17 bits per heavy atom. The minimum atomic E-state index is -0.261. The van der Waals surface area contributed by atoms with Crippen LogP contribution in [0.1, 0.15) is 28.8 Å². The summed E-state index contributed by atoms with van der Waals surface area (Å²) in [6, 6.07) is 15.9. The van der Waals surface area contributed by atoms with Gasteiger partial charge in [0.1, 0.15) is 12.4 Å². The minimum Gasteiger partial charge on any atom is -0.491 e. The second kappa shape index (κ2) is 7.62. The van der Waals surface area contributed by atoms with Crippen molar-refractivity contribution in [1.82, 2.24) is 0 Å². The molecule has 0 bridgehead atoms. The Hall–Kier alpha value is -2.84. The third kappa shape index (κ3) is 4.12. The number of nitriles is 1. The van der Waals surface area contributed by atoms with E-state index >= 15 is 0 Å². The lowest BCUT2D eigenvalue weighted by atomic mass is 10.1. The zero-order valence-corrected chi connectivity index (χ0v) is 13.2. The molecule has 1 amide bonds. The van der Waals surface area contributed by atoms with Crippen LogP contribution in [-0.2, 0) is 4.74 Å². The van der Waals surface area contributed by atoms with Crippen LogP contribution in [0.4, 0.5) is 5.69 Å². The molecule has 3 rings (SSSR count). The molecule has 0 radical (unpaired) electrons. The third-order valence-corrected chi connectivity index (χ3v) is 3.81. The number of ether oxygens (including phenoxy) is 2. The molecule has 122 valence electrons. The van der Waals surface area contributed by atoms with Crippen LogP contribution in [0.25, 0.3) is 0 Å². The fourth-order valence-electron chi connectivity index (χ4n) is 2.56. The number of anilines is 1. The summed E-state index contributed by atoms with van der Waals surface area (Å²) >= 11 is 0. The van der Waals surface area contributed by atoms with Crippen molar-refractivity contribution in [2.24, 2.45) is 0 Å². The van der Waals surface area contributed by atoms with Gasteiger partial charge < -0.3 is 14.8 Å². The van der Waals surface area contributed by atoms with E-state index in [1.165, 1.54) is 0 Å². The molecule has 5 nitrogen and oxygen atoms in total. The molecule has 1 saturated heterocycles. The van der Waals surface area contributed by atoms with Crippen LogP contribution in [0.5, 0.6) is 5.75 Å². The first-order valence-electron chi connectivity index (χ1n) is 7.90.